The van der Waals surface area contributed by atoms with Crippen LogP contribution in [-0.4, -0.2) is 15.4 Å². The summed E-state index contributed by atoms with van der Waals surface area (Å²) in [6.07, 6.45) is 1.52. The molecule has 1 aromatic carbocycles. The van der Waals surface area contributed by atoms with Gasteiger partial charge in [0, 0.05) is 11.6 Å². The molecular formula is C14H17N3O3. The Labute approximate surface area is 117 Å². The number of rotatable bonds is 4. The minimum absolute atomic E-state index is 0.0129. The number of nitro groups is 1. The Kier molecular flexibility index (Phi) is 3.85. The van der Waals surface area contributed by atoms with Gasteiger partial charge >= 0.3 is 0 Å². The summed E-state index contributed by atoms with van der Waals surface area (Å²) < 4.78 is 5.58. The van der Waals surface area contributed by atoms with Gasteiger partial charge in [0.05, 0.1) is 23.2 Å². The van der Waals surface area contributed by atoms with Crippen molar-refractivity contribution in [3.05, 3.63) is 46.5 Å². The van der Waals surface area contributed by atoms with Gasteiger partial charge in [-0.3, -0.25) is 10.1 Å². The number of para-hydroxylation sites is 1. The number of hydrogen-bond acceptors (Lipinski definition) is 5. The first-order valence-corrected chi connectivity index (χ1v) is 6.30. The fourth-order valence-corrected chi connectivity index (χ4v) is 1.70. The maximum Gasteiger partial charge on any atom is 0.280 e. The zero-order valence-electron chi connectivity index (χ0n) is 11.7. The van der Waals surface area contributed by atoms with E-state index in [-0.39, 0.29) is 11.2 Å². The van der Waals surface area contributed by atoms with Crippen LogP contribution in [0.25, 0.3) is 11.3 Å². The second kappa shape index (κ2) is 5.42. The molecule has 0 aliphatic carbocycles. The summed E-state index contributed by atoms with van der Waals surface area (Å²) in [5, 5.41) is 14.2. The quantitative estimate of drug-likeness (QED) is 0.684. The van der Waals surface area contributed by atoms with Gasteiger partial charge in [-0.05, 0) is 26.8 Å². The highest BCUT2D eigenvalue weighted by atomic mass is 16.6. The molecule has 1 heterocycles. The lowest BCUT2D eigenvalue weighted by atomic mass is 10.1. The molecule has 0 aliphatic heterocycles. The first kappa shape index (κ1) is 14.2. The SMILES string of the molecule is CC(C)(C)NCc1ncc(-c2ccccc2[N+](=O)[O-])o1. The highest BCUT2D eigenvalue weighted by Crippen LogP contribution is 2.29. The number of oxazole rings is 1. The van der Waals surface area contributed by atoms with E-state index in [2.05, 4.69) is 10.3 Å². The van der Waals surface area contributed by atoms with Crippen LogP contribution in [0.5, 0.6) is 0 Å². The molecule has 2 rings (SSSR count). The van der Waals surface area contributed by atoms with Gasteiger partial charge in [0.1, 0.15) is 0 Å². The lowest BCUT2D eigenvalue weighted by molar-refractivity contribution is -0.384. The molecule has 0 saturated heterocycles. The number of nitrogens with zero attached hydrogens (tertiary/aromatic N) is 2. The summed E-state index contributed by atoms with van der Waals surface area (Å²) in [5.41, 5.74) is 0.402. The van der Waals surface area contributed by atoms with E-state index in [0.29, 0.717) is 23.8 Å². The zero-order valence-corrected chi connectivity index (χ0v) is 11.7. The van der Waals surface area contributed by atoms with E-state index in [1.165, 1.54) is 12.3 Å². The molecule has 6 nitrogen and oxygen atoms in total. The van der Waals surface area contributed by atoms with Gasteiger partial charge in [-0.25, -0.2) is 4.98 Å². The van der Waals surface area contributed by atoms with Crippen LogP contribution in [0.3, 0.4) is 0 Å². The molecule has 0 radical (unpaired) electrons. The smallest absolute Gasteiger partial charge is 0.280 e. The molecule has 106 valence electrons. The molecule has 0 atom stereocenters. The lowest BCUT2D eigenvalue weighted by Crippen LogP contribution is -2.35. The van der Waals surface area contributed by atoms with Crippen molar-refractivity contribution in [2.24, 2.45) is 0 Å². The second-order valence-electron chi connectivity index (χ2n) is 5.50. The summed E-state index contributed by atoms with van der Waals surface area (Å²) in [7, 11) is 0. The Morgan fingerprint density at radius 3 is 2.70 bits per heavy atom. The number of benzene rings is 1. The van der Waals surface area contributed by atoms with E-state index in [1.54, 1.807) is 18.2 Å². The van der Waals surface area contributed by atoms with E-state index in [1.807, 2.05) is 20.8 Å². The molecule has 6 heteroatoms. The summed E-state index contributed by atoms with van der Waals surface area (Å²) in [5.74, 6) is 0.913. The molecule has 0 saturated carbocycles. The minimum Gasteiger partial charge on any atom is -0.439 e. The largest absolute Gasteiger partial charge is 0.439 e. The van der Waals surface area contributed by atoms with Crippen LogP contribution in [0, 0.1) is 10.1 Å². The number of hydrogen-bond donors (Lipinski definition) is 1. The molecule has 0 amide bonds. The first-order chi connectivity index (χ1) is 9.37. The molecule has 0 unspecified atom stereocenters. The molecule has 0 fully saturated rings. The highest BCUT2D eigenvalue weighted by molar-refractivity contribution is 5.68. The van der Waals surface area contributed by atoms with Crippen LogP contribution in [0.15, 0.2) is 34.9 Å². The lowest BCUT2D eigenvalue weighted by Gasteiger charge is -2.18. The van der Waals surface area contributed by atoms with Crippen LogP contribution in [0.2, 0.25) is 0 Å². The standard InChI is InChI=1S/C14H17N3O3/c1-14(2,3)16-9-13-15-8-12(20-13)10-6-4-5-7-11(10)17(18)19/h4-8,16H,9H2,1-3H3. The summed E-state index contributed by atoms with van der Waals surface area (Å²) in [6.45, 7) is 6.60. The van der Waals surface area contributed by atoms with Crippen molar-refractivity contribution in [3.63, 3.8) is 0 Å². The predicted molar refractivity (Wildman–Crippen MR) is 75.2 cm³/mol. The van der Waals surface area contributed by atoms with Crippen molar-refractivity contribution in [2.75, 3.05) is 0 Å². The van der Waals surface area contributed by atoms with Crippen molar-refractivity contribution in [1.29, 1.82) is 0 Å². The zero-order chi connectivity index (χ0) is 14.8. The fraction of sp³-hybridized carbons (Fsp3) is 0.357. The van der Waals surface area contributed by atoms with Gasteiger partial charge in [-0.1, -0.05) is 12.1 Å². The third kappa shape index (κ3) is 3.42. The summed E-state index contributed by atoms with van der Waals surface area (Å²) in [6, 6.07) is 6.46. The van der Waals surface area contributed by atoms with Crippen molar-refractivity contribution in [2.45, 2.75) is 32.9 Å². The molecular weight excluding hydrogens is 258 g/mol. The Hall–Kier alpha value is -2.21. The monoisotopic (exact) mass is 275 g/mol. The first-order valence-electron chi connectivity index (χ1n) is 6.30. The van der Waals surface area contributed by atoms with Crippen molar-refractivity contribution in [3.8, 4) is 11.3 Å². The Bertz CT molecular complexity index is 614. The molecule has 0 aliphatic rings. The summed E-state index contributed by atoms with van der Waals surface area (Å²) in [4.78, 5) is 14.7. The van der Waals surface area contributed by atoms with E-state index in [4.69, 9.17) is 4.42 Å². The van der Waals surface area contributed by atoms with Crippen LogP contribution in [0.1, 0.15) is 26.7 Å². The average molecular weight is 275 g/mol. The van der Waals surface area contributed by atoms with E-state index < -0.39 is 4.92 Å². The topological polar surface area (TPSA) is 81.2 Å². The molecule has 1 N–H and O–H groups in total. The van der Waals surface area contributed by atoms with Crippen LogP contribution < -0.4 is 5.32 Å². The molecule has 0 bridgehead atoms. The second-order valence-corrected chi connectivity index (χ2v) is 5.50. The third-order valence-corrected chi connectivity index (χ3v) is 2.69. The number of nitro benzene ring substituents is 1. The normalized spacial score (nSPS) is 11.6. The molecule has 0 spiro atoms. The van der Waals surface area contributed by atoms with Gasteiger partial charge in [-0.2, -0.15) is 0 Å². The average Bonchev–Trinajstić information content (AvgIpc) is 2.84. The number of aromatic nitrogens is 1. The van der Waals surface area contributed by atoms with Crippen molar-refractivity contribution in [1.82, 2.24) is 10.3 Å². The van der Waals surface area contributed by atoms with Crippen LogP contribution in [-0.2, 0) is 6.54 Å². The maximum atomic E-state index is 11.0. The van der Waals surface area contributed by atoms with Crippen LogP contribution in [0.4, 0.5) is 5.69 Å². The number of nitrogens with one attached hydrogen (secondary N) is 1. The molecule has 1 aromatic heterocycles. The fourth-order valence-electron chi connectivity index (χ4n) is 1.70. The third-order valence-electron chi connectivity index (χ3n) is 2.69. The van der Waals surface area contributed by atoms with Gasteiger partial charge in [0.2, 0.25) is 5.89 Å². The van der Waals surface area contributed by atoms with Crippen LogP contribution >= 0.6 is 0 Å². The van der Waals surface area contributed by atoms with Gasteiger partial charge in [-0.15, -0.1) is 0 Å². The molecule has 20 heavy (non-hydrogen) atoms. The maximum absolute atomic E-state index is 11.0. The van der Waals surface area contributed by atoms with Crippen molar-refractivity contribution >= 4 is 5.69 Å². The van der Waals surface area contributed by atoms with Gasteiger partial charge < -0.3 is 9.73 Å². The Balaban J connectivity index is 2.23. The Morgan fingerprint density at radius 1 is 1.35 bits per heavy atom. The Morgan fingerprint density at radius 2 is 2.05 bits per heavy atom. The molecule has 2 aromatic rings. The highest BCUT2D eigenvalue weighted by Gasteiger charge is 2.18. The van der Waals surface area contributed by atoms with Gasteiger partial charge in [0.15, 0.2) is 5.76 Å². The summed E-state index contributed by atoms with van der Waals surface area (Å²) >= 11 is 0. The minimum atomic E-state index is -0.426. The van der Waals surface area contributed by atoms with E-state index in [9.17, 15) is 10.1 Å². The van der Waals surface area contributed by atoms with E-state index >= 15 is 0 Å². The van der Waals surface area contributed by atoms with Crippen molar-refractivity contribution < 1.29 is 9.34 Å². The van der Waals surface area contributed by atoms with E-state index in [0.717, 1.165) is 0 Å². The predicted octanol–water partition coefficient (Wildman–Crippen LogP) is 3.14. The van der Waals surface area contributed by atoms with Gasteiger partial charge in [0.25, 0.3) is 5.69 Å².